The van der Waals surface area contributed by atoms with E-state index in [1.807, 2.05) is 13.8 Å². The molecule has 8 nitrogen and oxygen atoms in total. The average molecular weight is 359 g/mol. The topological polar surface area (TPSA) is 90.9 Å². The first-order valence-electron chi connectivity index (χ1n) is 9.39. The Morgan fingerprint density at radius 1 is 1.42 bits per heavy atom. The predicted molar refractivity (Wildman–Crippen MR) is 99.5 cm³/mol. The molecule has 0 aliphatic carbocycles. The second kappa shape index (κ2) is 8.35. The summed E-state index contributed by atoms with van der Waals surface area (Å²) in [7, 11) is 0. The molecule has 1 aliphatic heterocycles. The van der Waals surface area contributed by atoms with Gasteiger partial charge in [0, 0.05) is 25.0 Å². The molecule has 0 bridgehead atoms. The lowest BCUT2D eigenvalue weighted by atomic mass is 10.2. The molecule has 3 rings (SSSR count). The maximum absolute atomic E-state index is 12.1. The smallest absolute Gasteiger partial charge is 0.315 e. The van der Waals surface area contributed by atoms with E-state index < -0.39 is 0 Å². The molecule has 0 radical (unpaired) electrons. The first-order valence-corrected chi connectivity index (χ1v) is 9.39. The summed E-state index contributed by atoms with van der Waals surface area (Å²) < 4.78 is 2.06. The van der Waals surface area contributed by atoms with Gasteiger partial charge in [-0.2, -0.15) is 5.10 Å². The van der Waals surface area contributed by atoms with Crippen molar-refractivity contribution in [3.05, 3.63) is 35.2 Å². The number of nitrogens with zero attached hydrogens (tertiary/aromatic N) is 4. The number of rotatable bonds is 7. The Morgan fingerprint density at radius 3 is 3.00 bits per heavy atom. The summed E-state index contributed by atoms with van der Waals surface area (Å²) in [6.45, 7) is 10.5. The van der Waals surface area contributed by atoms with Crippen LogP contribution in [-0.4, -0.2) is 43.8 Å². The monoisotopic (exact) mass is 359 g/mol. The van der Waals surface area contributed by atoms with Crippen molar-refractivity contribution in [2.24, 2.45) is 0 Å². The number of amides is 2. The maximum atomic E-state index is 12.1. The first kappa shape index (κ1) is 18.4. The molecule has 1 atom stereocenters. The highest BCUT2D eigenvalue weighted by Gasteiger charge is 2.18. The molecule has 2 aromatic heterocycles. The number of aryl methyl sites for hydroxylation is 1. The lowest BCUT2D eigenvalue weighted by molar-refractivity contribution is 0.210. The summed E-state index contributed by atoms with van der Waals surface area (Å²) in [6.07, 6.45) is 4.21. The molecule has 2 amide bonds. The zero-order chi connectivity index (χ0) is 18.5. The number of carbonyl (C=O) groups is 1. The molecule has 0 unspecified atom stereocenters. The highest BCUT2D eigenvalue weighted by atomic mass is 16.2. The van der Waals surface area contributed by atoms with Gasteiger partial charge in [0.15, 0.2) is 0 Å². The van der Waals surface area contributed by atoms with Crippen LogP contribution in [-0.2, 0) is 19.6 Å². The SMILES string of the molecule is CCCCN1CCn2nc(CNC(=O)N[C@@H](C)c3ncc(C)[nH]3)cc2C1. The minimum atomic E-state index is -0.220. The molecule has 26 heavy (non-hydrogen) atoms. The van der Waals surface area contributed by atoms with Gasteiger partial charge in [0.1, 0.15) is 5.82 Å². The van der Waals surface area contributed by atoms with Crippen molar-refractivity contribution in [3.8, 4) is 0 Å². The number of aromatic amines is 1. The summed E-state index contributed by atoms with van der Waals surface area (Å²) in [5, 5.41) is 10.4. The van der Waals surface area contributed by atoms with Gasteiger partial charge in [-0.25, -0.2) is 9.78 Å². The van der Waals surface area contributed by atoms with E-state index in [-0.39, 0.29) is 12.1 Å². The van der Waals surface area contributed by atoms with Crippen LogP contribution in [0.5, 0.6) is 0 Å². The lowest BCUT2D eigenvalue weighted by Crippen LogP contribution is -2.37. The van der Waals surface area contributed by atoms with Gasteiger partial charge in [-0.1, -0.05) is 13.3 Å². The van der Waals surface area contributed by atoms with Crippen LogP contribution in [0.15, 0.2) is 12.3 Å². The van der Waals surface area contributed by atoms with Crippen LogP contribution < -0.4 is 10.6 Å². The summed E-state index contributed by atoms with van der Waals surface area (Å²) >= 11 is 0. The second-order valence-corrected chi connectivity index (χ2v) is 6.98. The number of nitrogens with one attached hydrogen (secondary N) is 3. The molecule has 0 aromatic carbocycles. The van der Waals surface area contributed by atoms with E-state index in [2.05, 4.69) is 48.3 Å². The number of unbranched alkanes of at least 4 members (excludes halogenated alkanes) is 1. The molecule has 2 aromatic rings. The van der Waals surface area contributed by atoms with Crippen LogP contribution in [0.4, 0.5) is 4.79 Å². The Bertz CT molecular complexity index is 736. The average Bonchev–Trinajstić information content (AvgIpc) is 3.23. The van der Waals surface area contributed by atoms with Crippen molar-refractivity contribution in [2.45, 2.75) is 59.3 Å². The van der Waals surface area contributed by atoms with E-state index in [9.17, 15) is 4.79 Å². The second-order valence-electron chi connectivity index (χ2n) is 6.98. The number of imidazole rings is 1. The minimum Gasteiger partial charge on any atom is -0.344 e. The summed E-state index contributed by atoms with van der Waals surface area (Å²) in [5.74, 6) is 0.752. The third kappa shape index (κ3) is 4.63. The summed E-state index contributed by atoms with van der Waals surface area (Å²) in [4.78, 5) is 22.0. The van der Waals surface area contributed by atoms with Gasteiger partial charge in [-0.05, 0) is 32.9 Å². The number of H-pyrrole nitrogens is 1. The van der Waals surface area contributed by atoms with Crippen LogP contribution in [0, 0.1) is 6.92 Å². The third-order valence-electron chi connectivity index (χ3n) is 4.67. The number of hydrogen-bond acceptors (Lipinski definition) is 4. The molecule has 0 fully saturated rings. The van der Waals surface area contributed by atoms with E-state index in [0.29, 0.717) is 6.54 Å². The fourth-order valence-corrected chi connectivity index (χ4v) is 3.18. The van der Waals surface area contributed by atoms with Crippen molar-refractivity contribution in [3.63, 3.8) is 0 Å². The molecule has 0 saturated carbocycles. The lowest BCUT2D eigenvalue weighted by Gasteiger charge is -2.27. The molecular formula is C18H29N7O. The zero-order valence-corrected chi connectivity index (χ0v) is 15.9. The Hall–Kier alpha value is -2.35. The van der Waals surface area contributed by atoms with Gasteiger partial charge >= 0.3 is 6.03 Å². The van der Waals surface area contributed by atoms with E-state index in [1.54, 1.807) is 6.20 Å². The van der Waals surface area contributed by atoms with Crippen molar-refractivity contribution < 1.29 is 4.79 Å². The van der Waals surface area contributed by atoms with Gasteiger partial charge in [-0.3, -0.25) is 9.58 Å². The first-order chi connectivity index (χ1) is 12.5. The maximum Gasteiger partial charge on any atom is 0.315 e. The van der Waals surface area contributed by atoms with Gasteiger partial charge in [-0.15, -0.1) is 0 Å². The Labute approximate surface area is 154 Å². The number of carbonyl (C=O) groups excluding carboxylic acids is 1. The van der Waals surface area contributed by atoms with E-state index in [0.717, 1.165) is 43.4 Å². The highest BCUT2D eigenvalue weighted by molar-refractivity contribution is 5.74. The van der Waals surface area contributed by atoms with E-state index >= 15 is 0 Å². The largest absolute Gasteiger partial charge is 0.344 e. The summed E-state index contributed by atoms with van der Waals surface area (Å²) in [5.41, 5.74) is 3.10. The molecule has 8 heteroatoms. The van der Waals surface area contributed by atoms with Crippen LogP contribution in [0.3, 0.4) is 0 Å². The number of hydrogen-bond donors (Lipinski definition) is 3. The molecule has 0 saturated heterocycles. The fraction of sp³-hybridized carbons (Fsp3) is 0.611. The molecule has 3 N–H and O–H groups in total. The predicted octanol–water partition coefficient (Wildman–Crippen LogP) is 2.09. The van der Waals surface area contributed by atoms with Gasteiger partial charge < -0.3 is 15.6 Å². The normalized spacial score (nSPS) is 15.5. The highest BCUT2D eigenvalue weighted by Crippen LogP contribution is 2.14. The van der Waals surface area contributed by atoms with Crippen LogP contribution in [0.2, 0.25) is 0 Å². The van der Waals surface area contributed by atoms with E-state index in [1.165, 1.54) is 18.5 Å². The Kier molecular flexibility index (Phi) is 5.92. The van der Waals surface area contributed by atoms with Crippen LogP contribution in [0.1, 0.15) is 55.6 Å². The molecule has 1 aliphatic rings. The van der Waals surface area contributed by atoms with Crippen molar-refractivity contribution in [1.29, 1.82) is 0 Å². The quantitative estimate of drug-likeness (QED) is 0.706. The number of fused-ring (bicyclic) bond motifs is 1. The number of urea groups is 1. The van der Waals surface area contributed by atoms with Crippen molar-refractivity contribution >= 4 is 6.03 Å². The zero-order valence-electron chi connectivity index (χ0n) is 15.9. The molecule has 3 heterocycles. The fourth-order valence-electron chi connectivity index (χ4n) is 3.18. The van der Waals surface area contributed by atoms with Crippen molar-refractivity contribution in [1.82, 2.24) is 35.3 Å². The Balaban J connectivity index is 1.48. The molecular weight excluding hydrogens is 330 g/mol. The van der Waals surface area contributed by atoms with Gasteiger partial charge in [0.25, 0.3) is 0 Å². The third-order valence-corrected chi connectivity index (χ3v) is 4.67. The molecule has 0 spiro atoms. The van der Waals surface area contributed by atoms with Crippen LogP contribution >= 0.6 is 0 Å². The summed E-state index contributed by atoms with van der Waals surface area (Å²) in [6, 6.07) is 1.70. The van der Waals surface area contributed by atoms with Crippen LogP contribution in [0.25, 0.3) is 0 Å². The standard InChI is InChI=1S/C18H29N7O/c1-4-5-6-24-7-8-25-16(12-24)9-15(23-25)11-20-18(26)22-14(3)17-19-10-13(2)21-17/h9-10,14H,4-8,11-12H2,1-3H3,(H,19,21)(H2,20,22,26)/t14-/m0/s1. The Morgan fingerprint density at radius 2 is 2.27 bits per heavy atom. The molecule has 142 valence electrons. The van der Waals surface area contributed by atoms with E-state index in [4.69, 9.17) is 0 Å². The van der Waals surface area contributed by atoms with Crippen molar-refractivity contribution in [2.75, 3.05) is 13.1 Å². The van der Waals surface area contributed by atoms with Gasteiger partial charge in [0.05, 0.1) is 30.5 Å². The van der Waals surface area contributed by atoms with Gasteiger partial charge in [0.2, 0.25) is 0 Å². The number of aromatic nitrogens is 4. The minimum absolute atomic E-state index is 0.175.